The highest BCUT2D eigenvalue weighted by Gasteiger charge is 2.33. The summed E-state index contributed by atoms with van der Waals surface area (Å²) in [7, 11) is 1.64. The number of nitrogens with one attached hydrogen (secondary N) is 2. The van der Waals surface area contributed by atoms with Gasteiger partial charge < -0.3 is 20.1 Å². The molecule has 210 valence electrons. The third-order valence-electron chi connectivity index (χ3n) is 7.92. The average Bonchev–Trinajstić information content (AvgIpc) is 3.60. The number of anilines is 1. The molecule has 3 N–H and O–H groups in total. The molecule has 0 spiro atoms. The zero-order valence-corrected chi connectivity index (χ0v) is 22.3. The summed E-state index contributed by atoms with van der Waals surface area (Å²) < 4.78 is 44.9. The SMILES string of the molecule is COc1cc(C)c2[nH]ccc2c1CN1CCN(CCC(F)(F)F)C[C@H]1c1ccc(C(=O)O)c(NCC2CC2)c1. The number of hydrogen-bond donors (Lipinski definition) is 3. The van der Waals surface area contributed by atoms with Gasteiger partial charge in [0.1, 0.15) is 5.75 Å². The Hall–Kier alpha value is -3.24. The molecule has 1 aliphatic carbocycles. The van der Waals surface area contributed by atoms with Crippen LogP contribution in [0.25, 0.3) is 10.9 Å². The standard InChI is InChI=1S/C29H35F3N4O3/c1-18-13-26(39-2)23(21-7-9-33-27(18)21)16-36-12-11-35(10-8-29(30,31)32)17-25(36)20-5-6-22(28(37)38)24(14-20)34-15-19-3-4-19/h5-7,9,13-14,19,25,33-34H,3-4,8,10-12,15-17H2,1-2H3,(H,37,38)/t25-/m0/s1. The van der Waals surface area contributed by atoms with E-state index in [0.717, 1.165) is 46.2 Å². The normalized spacial score (nSPS) is 18.9. The first-order valence-corrected chi connectivity index (χ1v) is 13.4. The van der Waals surface area contributed by atoms with Gasteiger partial charge in [-0.1, -0.05) is 6.07 Å². The molecule has 2 aliphatic rings. The molecule has 1 aromatic heterocycles. The van der Waals surface area contributed by atoms with E-state index in [-0.39, 0.29) is 18.2 Å². The second-order valence-corrected chi connectivity index (χ2v) is 10.7. The molecule has 0 bridgehead atoms. The van der Waals surface area contributed by atoms with Gasteiger partial charge in [0.2, 0.25) is 0 Å². The summed E-state index contributed by atoms with van der Waals surface area (Å²) in [6.07, 6.45) is -0.917. The van der Waals surface area contributed by atoms with Crippen molar-refractivity contribution >= 4 is 22.6 Å². The molecule has 39 heavy (non-hydrogen) atoms. The van der Waals surface area contributed by atoms with Crippen LogP contribution in [0.2, 0.25) is 0 Å². The number of H-pyrrole nitrogens is 1. The van der Waals surface area contributed by atoms with Crippen LogP contribution in [0.3, 0.4) is 0 Å². The number of carboxylic acid groups (broad SMARTS) is 1. The van der Waals surface area contributed by atoms with Gasteiger partial charge in [-0.05, 0) is 61.1 Å². The number of aromatic amines is 1. The molecule has 2 fully saturated rings. The lowest BCUT2D eigenvalue weighted by Gasteiger charge is -2.42. The number of halogens is 3. The third-order valence-corrected chi connectivity index (χ3v) is 7.92. The third kappa shape index (κ3) is 6.33. The number of benzene rings is 2. The van der Waals surface area contributed by atoms with Crippen LogP contribution in [-0.4, -0.2) is 71.9 Å². The van der Waals surface area contributed by atoms with Crippen molar-refractivity contribution in [2.45, 2.75) is 44.9 Å². The molecule has 7 nitrogen and oxygen atoms in total. The molecule has 1 saturated heterocycles. The number of hydrogen-bond acceptors (Lipinski definition) is 5. The maximum absolute atomic E-state index is 13.0. The number of carbonyl (C=O) groups is 1. The summed E-state index contributed by atoms with van der Waals surface area (Å²) in [5.74, 6) is 0.314. The van der Waals surface area contributed by atoms with Crippen molar-refractivity contribution in [1.82, 2.24) is 14.8 Å². The fraction of sp³-hybridized carbons (Fsp3) is 0.483. The zero-order valence-electron chi connectivity index (χ0n) is 22.3. The summed E-state index contributed by atoms with van der Waals surface area (Å²) in [4.78, 5) is 19.3. The minimum atomic E-state index is -4.22. The van der Waals surface area contributed by atoms with Crippen LogP contribution in [0.5, 0.6) is 5.75 Å². The molecular weight excluding hydrogens is 509 g/mol. The first kappa shape index (κ1) is 27.3. The minimum Gasteiger partial charge on any atom is -0.496 e. The van der Waals surface area contributed by atoms with E-state index in [1.54, 1.807) is 19.2 Å². The van der Waals surface area contributed by atoms with Gasteiger partial charge in [0.05, 0.1) is 19.1 Å². The van der Waals surface area contributed by atoms with E-state index >= 15 is 0 Å². The Bertz CT molecular complexity index is 1340. The van der Waals surface area contributed by atoms with Gasteiger partial charge in [-0.15, -0.1) is 0 Å². The number of fused-ring (bicyclic) bond motifs is 1. The molecule has 2 aromatic carbocycles. The molecule has 0 radical (unpaired) electrons. The monoisotopic (exact) mass is 544 g/mol. The molecule has 3 aromatic rings. The largest absolute Gasteiger partial charge is 0.496 e. The van der Waals surface area contributed by atoms with Crippen LogP contribution in [0.15, 0.2) is 36.5 Å². The Morgan fingerprint density at radius 3 is 2.69 bits per heavy atom. The molecule has 0 amide bonds. The van der Waals surface area contributed by atoms with Crippen LogP contribution in [0, 0.1) is 12.8 Å². The second-order valence-electron chi connectivity index (χ2n) is 10.7. The van der Waals surface area contributed by atoms with E-state index in [9.17, 15) is 23.1 Å². The summed E-state index contributed by atoms with van der Waals surface area (Å²) in [5.41, 5.74) is 4.75. The van der Waals surface area contributed by atoms with E-state index in [2.05, 4.69) is 15.2 Å². The Balaban J connectivity index is 1.48. The quantitative estimate of drug-likeness (QED) is 0.299. The predicted molar refractivity (Wildman–Crippen MR) is 144 cm³/mol. The number of aryl methyl sites for hydroxylation is 1. The molecule has 2 heterocycles. The van der Waals surface area contributed by atoms with Crippen LogP contribution in [-0.2, 0) is 6.54 Å². The van der Waals surface area contributed by atoms with E-state index < -0.39 is 18.6 Å². The summed E-state index contributed by atoms with van der Waals surface area (Å²) in [5, 5.41) is 14.1. The van der Waals surface area contributed by atoms with Gasteiger partial charge in [-0.25, -0.2) is 4.79 Å². The van der Waals surface area contributed by atoms with Crippen molar-refractivity contribution in [2.24, 2.45) is 5.92 Å². The number of aromatic carboxylic acids is 1. The molecular formula is C29H35F3N4O3. The Labute approximate surface area is 225 Å². The van der Waals surface area contributed by atoms with E-state index in [4.69, 9.17) is 4.74 Å². The van der Waals surface area contributed by atoms with E-state index in [1.165, 1.54) is 0 Å². The smallest absolute Gasteiger partial charge is 0.390 e. The van der Waals surface area contributed by atoms with Crippen LogP contribution < -0.4 is 10.1 Å². The topological polar surface area (TPSA) is 80.8 Å². The summed E-state index contributed by atoms with van der Waals surface area (Å²) in [6.45, 7) is 4.70. The number of rotatable bonds is 10. The second kappa shape index (κ2) is 11.1. The number of aromatic nitrogens is 1. The maximum atomic E-state index is 13.0. The molecule has 5 rings (SSSR count). The summed E-state index contributed by atoms with van der Waals surface area (Å²) >= 11 is 0. The fourth-order valence-corrected chi connectivity index (χ4v) is 5.53. The van der Waals surface area contributed by atoms with Crippen molar-refractivity contribution < 1.29 is 27.8 Å². The molecule has 0 unspecified atom stereocenters. The van der Waals surface area contributed by atoms with Crippen molar-refractivity contribution in [1.29, 1.82) is 0 Å². The van der Waals surface area contributed by atoms with Gasteiger partial charge in [0.25, 0.3) is 0 Å². The average molecular weight is 545 g/mol. The molecule has 10 heteroatoms. The first-order valence-electron chi connectivity index (χ1n) is 13.4. The highest BCUT2D eigenvalue weighted by molar-refractivity contribution is 5.94. The highest BCUT2D eigenvalue weighted by Crippen LogP contribution is 2.37. The Morgan fingerprint density at radius 2 is 2.00 bits per heavy atom. The Kier molecular flexibility index (Phi) is 7.77. The lowest BCUT2D eigenvalue weighted by atomic mass is 9.97. The number of ether oxygens (including phenoxy) is 1. The highest BCUT2D eigenvalue weighted by atomic mass is 19.4. The van der Waals surface area contributed by atoms with Gasteiger partial charge in [0.15, 0.2) is 0 Å². The molecule has 1 atom stereocenters. The molecule has 1 saturated carbocycles. The lowest BCUT2D eigenvalue weighted by molar-refractivity contribution is -0.139. The minimum absolute atomic E-state index is 0.0657. The first-order chi connectivity index (χ1) is 18.6. The maximum Gasteiger partial charge on any atom is 0.390 e. The van der Waals surface area contributed by atoms with E-state index in [1.807, 2.05) is 36.2 Å². The number of alkyl halides is 3. The Morgan fingerprint density at radius 1 is 1.21 bits per heavy atom. The van der Waals surface area contributed by atoms with Gasteiger partial charge in [0, 0.05) is 73.7 Å². The predicted octanol–water partition coefficient (Wildman–Crippen LogP) is 5.82. The molecule has 1 aliphatic heterocycles. The van der Waals surface area contributed by atoms with Gasteiger partial charge >= 0.3 is 12.1 Å². The van der Waals surface area contributed by atoms with E-state index in [0.29, 0.717) is 44.3 Å². The van der Waals surface area contributed by atoms with Crippen molar-refractivity contribution in [3.05, 3.63) is 58.8 Å². The van der Waals surface area contributed by atoms with Crippen LogP contribution in [0.4, 0.5) is 18.9 Å². The number of methoxy groups -OCH3 is 1. The van der Waals surface area contributed by atoms with Gasteiger partial charge in [-0.3, -0.25) is 9.80 Å². The van der Waals surface area contributed by atoms with Crippen molar-refractivity contribution in [2.75, 3.05) is 45.2 Å². The number of carboxylic acids is 1. The zero-order chi connectivity index (χ0) is 27.7. The van der Waals surface area contributed by atoms with Crippen LogP contribution in [0.1, 0.15) is 52.4 Å². The van der Waals surface area contributed by atoms with Crippen molar-refractivity contribution in [3.63, 3.8) is 0 Å². The van der Waals surface area contributed by atoms with Gasteiger partial charge in [-0.2, -0.15) is 13.2 Å². The fourth-order valence-electron chi connectivity index (χ4n) is 5.53. The number of nitrogens with zero attached hydrogens (tertiary/aromatic N) is 2. The summed E-state index contributed by atoms with van der Waals surface area (Å²) in [6, 6.07) is 9.08. The van der Waals surface area contributed by atoms with Crippen molar-refractivity contribution in [3.8, 4) is 5.75 Å². The number of piperazine rings is 1. The van der Waals surface area contributed by atoms with Crippen LogP contribution >= 0.6 is 0 Å². The lowest BCUT2D eigenvalue weighted by Crippen LogP contribution is -2.48.